The van der Waals surface area contributed by atoms with E-state index in [9.17, 15) is 9.90 Å². The lowest BCUT2D eigenvalue weighted by molar-refractivity contribution is -0.0364. The fraction of sp³-hybridized carbons (Fsp3) is 0.600. The second-order valence-corrected chi connectivity index (χ2v) is 8.41. The molecule has 2 heterocycles. The van der Waals surface area contributed by atoms with Gasteiger partial charge in [0.25, 0.3) is 0 Å². The van der Waals surface area contributed by atoms with Crippen LogP contribution in [0.3, 0.4) is 0 Å². The molecule has 0 amide bonds. The molecule has 2 aromatic heterocycles. The van der Waals surface area contributed by atoms with Crippen molar-refractivity contribution in [2.75, 3.05) is 0 Å². The van der Waals surface area contributed by atoms with Crippen molar-refractivity contribution in [3.63, 3.8) is 0 Å². The Morgan fingerprint density at radius 3 is 2.40 bits per heavy atom. The summed E-state index contributed by atoms with van der Waals surface area (Å²) < 4.78 is 5.97. The average molecular weight is 362 g/mol. The largest absolute Gasteiger partial charge is 0.451 e. The molecule has 6 rings (SSSR count). The molecule has 4 bridgehead atoms. The third kappa shape index (κ3) is 2.45. The lowest BCUT2D eigenvalue weighted by Gasteiger charge is -2.55. The predicted octanol–water partition coefficient (Wildman–Crippen LogP) is 4.45. The van der Waals surface area contributed by atoms with Gasteiger partial charge in [-0.15, -0.1) is 12.4 Å². The summed E-state index contributed by atoms with van der Waals surface area (Å²) in [5.41, 5.74) is 1.95. The quantitative estimate of drug-likeness (QED) is 0.820. The zero-order valence-electron chi connectivity index (χ0n) is 14.5. The molecule has 0 spiro atoms. The van der Waals surface area contributed by atoms with Crippen LogP contribution in [0.25, 0.3) is 11.0 Å². The molecule has 0 atom stereocenters. The van der Waals surface area contributed by atoms with Crippen LogP contribution in [0, 0.1) is 30.1 Å². The Balaban J connectivity index is 0.00000157. The van der Waals surface area contributed by atoms with E-state index in [4.69, 9.17) is 4.42 Å². The van der Waals surface area contributed by atoms with Crippen molar-refractivity contribution in [3.05, 3.63) is 29.3 Å². The molecule has 134 valence electrons. The number of aryl methyl sites for hydroxylation is 1. The Hall–Kier alpha value is -1.39. The van der Waals surface area contributed by atoms with Crippen molar-refractivity contribution in [1.82, 2.24) is 4.98 Å². The highest BCUT2D eigenvalue weighted by atomic mass is 35.5. The third-order valence-electron chi connectivity index (χ3n) is 6.73. The zero-order valence-corrected chi connectivity index (χ0v) is 15.3. The highest BCUT2D eigenvalue weighted by Gasteiger charge is 2.55. The molecule has 0 aliphatic heterocycles. The van der Waals surface area contributed by atoms with Crippen LogP contribution in [0.1, 0.15) is 60.3 Å². The number of fused-ring (bicyclic) bond motifs is 1. The number of aromatic nitrogens is 1. The van der Waals surface area contributed by atoms with E-state index >= 15 is 0 Å². The Labute approximate surface area is 153 Å². The van der Waals surface area contributed by atoms with E-state index in [2.05, 4.69) is 4.98 Å². The van der Waals surface area contributed by atoms with E-state index in [1.54, 1.807) is 6.20 Å². The van der Waals surface area contributed by atoms with Gasteiger partial charge in [-0.1, -0.05) is 0 Å². The van der Waals surface area contributed by atoms with Crippen molar-refractivity contribution >= 4 is 29.2 Å². The van der Waals surface area contributed by atoms with Crippen molar-refractivity contribution in [1.29, 1.82) is 0 Å². The normalized spacial score (nSPS) is 32.8. The lowest BCUT2D eigenvalue weighted by atomic mass is 9.48. The number of pyridine rings is 1. The van der Waals surface area contributed by atoms with Crippen LogP contribution >= 0.6 is 12.4 Å². The van der Waals surface area contributed by atoms with Crippen LogP contribution < -0.4 is 0 Å². The fourth-order valence-electron chi connectivity index (χ4n) is 6.09. The molecular weight excluding hydrogens is 338 g/mol. The smallest absolute Gasteiger partial charge is 0.204 e. The maximum absolute atomic E-state index is 13.4. The number of ketones is 1. The molecule has 4 nitrogen and oxygen atoms in total. The second kappa shape index (κ2) is 5.82. The number of nitrogens with zero attached hydrogens (tertiary/aromatic N) is 1. The van der Waals surface area contributed by atoms with Crippen LogP contribution in [-0.4, -0.2) is 15.9 Å². The average Bonchev–Trinajstić information content (AvgIpc) is 2.99. The van der Waals surface area contributed by atoms with Gasteiger partial charge in [-0.05, 0) is 69.3 Å². The van der Waals surface area contributed by atoms with Crippen LogP contribution in [0.4, 0.5) is 0 Å². The van der Waals surface area contributed by atoms with Gasteiger partial charge in [0.1, 0.15) is 0 Å². The Bertz CT molecular complexity index is 806. The number of hydrogen-bond donors (Lipinski definition) is 1. The maximum atomic E-state index is 13.4. The van der Waals surface area contributed by atoms with Gasteiger partial charge >= 0.3 is 0 Å². The number of rotatable bonds is 3. The van der Waals surface area contributed by atoms with Crippen LogP contribution in [-0.2, 0) is 6.61 Å². The van der Waals surface area contributed by atoms with Gasteiger partial charge in [0, 0.05) is 22.6 Å². The predicted molar refractivity (Wildman–Crippen MR) is 96.9 cm³/mol. The molecule has 4 saturated carbocycles. The summed E-state index contributed by atoms with van der Waals surface area (Å²) in [7, 11) is 0. The first-order valence-electron chi connectivity index (χ1n) is 9.11. The third-order valence-corrected chi connectivity index (χ3v) is 6.73. The number of aliphatic hydroxyl groups is 1. The molecule has 4 aliphatic rings. The molecule has 25 heavy (non-hydrogen) atoms. The first kappa shape index (κ1) is 17.0. The minimum atomic E-state index is -0.191. The minimum absolute atomic E-state index is 0. The van der Waals surface area contributed by atoms with Gasteiger partial charge in [-0.2, -0.15) is 0 Å². The van der Waals surface area contributed by atoms with Gasteiger partial charge < -0.3 is 9.52 Å². The van der Waals surface area contributed by atoms with Crippen molar-refractivity contribution < 1.29 is 14.3 Å². The van der Waals surface area contributed by atoms with Crippen molar-refractivity contribution in [3.8, 4) is 0 Å². The number of Topliss-reactive ketones (excluding diaryl/α,β-unsaturated/α-hetero) is 1. The van der Waals surface area contributed by atoms with Crippen molar-refractivity contribution in [2.45, 2.75) is 52.1 Å². The minimum Gasteiger partial charge on any atom is -0.451 e. The summed E-state index contributed by atoms with van der Waals surface area (Å²) in [5, 5.41) is 10.4. The molecular formula is C20H24ClNO3. The molecule has 5 heteroatoms. The van der Waals surface area contributed by atoms with Gasteiger partial charge in [-0.25, -0.2) is 0 Å². The number of carbonyl (C=O) groups excluding carboxylic acids is 1. The summed E-state index contributed by atoms with van der Waals surface area (Å²) in [4.78, 5) is 17.7. The van der Waals surface area contributed by atoms with E-state index in [-0.39, 0.29) is 30.2 Å². The standard InChI is InChI=1S/C20H23NO3.ClH/c1-11-18-16(15(10-22)9-21-11)5-17(24-18)19(23)20-6-12-2-13(7-20)4-14(3-12)8-20;/h5,9,12-14,22H,2-4,6-8,10H2,1H3;1H. The zero-order chi connectivity index (χ0) is 16.5. The number of hydrogen-bond acceptors (Lipinski definition) is 4. The first-order chi connectivity index (χ1) is 11.6. The molecule has 0 unspecified atom stereocenters. The molecule has 2 aromatic rings. The highest BCUT2D eigenvalue weighted by Crippen LogP contribution is 2.61. The Morgan fingerprint density at radius 2 is 1.84 bits per heavy atom. The fourth-order valence-corrected chi connectivity index (χ4v) is 6.09. The van der Waals surface area contributed by atoms with E-state index in [1.165, 1.54) is 19.3 Å². The van der Waals surface area contributed by atoms with Crippen LogP contribution in [0.15, 0.2) is 16.7 Å². The topological polar surface area (TPSA) is 63.3 Å². The van der Waals surface area contributed by atoms with Gasteiger partial charge in [0.2, 0.25) is 5.78 Å². The molecule has 0 aromatic carbocycles. The Kier molecular flexibility index (Phi) is 3.97. The number of halogens is 1. The molecule has 4 aliphatic carbocycles. The summed E-state index contributed by atoms with van der Waals surface area (Å²) in [5.74, 6) is 2.88. The van der Waals surface area contributed by atoms with Gasteiger partial charge in [0.15, 0.2) is 11.3 Å². The summed E-state index contributed by atoms with van der Waals surface area (Å²) >= 11 is 0. The molecule has 0 radical (unpaired) electrons. The van der Waals surface area contributed by atoms with E-state index in [1.807, 2.05) is 13.0 Å². The van der Waals surface area contributed by atoms with Gasteiger partial charge in [-0.3, -0.25) is 9.78 Å². The summed E-state index contributed by atoms with van der Waals surface area (Å²) in [6, 6.07) is 1.84. The molecule has 1 N–H and O–H groups in total. The van der Waals surface area contributed by atoms with Gasteiger partial charge in [0.05, 0.1) is 12.3 Å². The Morgan fingerprint density at radius 1 is 1.24 bits per heavy atom. The first-order valence-corrected chi connectivity index (χ1v) is 9.11. The van der Waals surface area contributed by atoms with Crippen molar-refractivity contribution in [2.24, 2.45) is 23.2 Å². The number of carbonyl (C=O) groups is 1. The number of furan rings is 1. The van der Waals surface area contributed by atoms with Crippen LogP contribution in [0.5, 0.6) is 0 Å². The van der Waals surface area contributed by atoms with E-state index in [0.29, 0.717) is 11.3 Å². The monoisotopic (exact) mass is 361 g/mol. The summed E-state index contributed by atoms with van der Waals surface area (Å²) in [6.45, 7) is 1.79. The number of aliphatic hydroxyl groups excluding tert-OH is 1. The highest BCUT2D eigenvalue weighted by molar-refractivity contribution is 6.02. The lowest BCUT2D eigenvalue weighted by Crippen LogP contribution is -2.49. The SMILES string of the molecule is Cc1ncc(CO)c2cc(C(=O)C34CC5CC(CC(C5)C3)C4)oc12.Cl. The summed E-state index contributed by atoms with van der Waals surface area (Å²) in [6.07, 6.45) is 8.77. The second-order valence-electron chi connectivity index (χ2n) is 8.41. The molecule has 0 saturated heterocycles. The van der Waals surface area contributed by atoms with E-state index in [0.717, 1.165) is 53.7 Å². The van der Waals surface area contributed by atoms with E-state index < -0.39 is 0 Å². The molecule has 4 fully saturated rings. The maximum Gasteiger partial charge on any atom is 0.204 e. The van der Waals surface area contributed by atoms with Crippen LogP contribution in [0.2, 0.25) is 0 Å².